The topological polar surface area (TPSA) is 106 Å². The summed E-state index contributed by atoms with van der Waals surface area (Å²) in [5, 5.41) is 15.3. The second kappa shape index (κ2) is 9.56. The summed E-state index contributed by atoms with van der Waals surface area (Å²) >= 11 is 1.14. The van der Waals surface area contributed by atoms with Crippen molar-refractivity contribution in [3.8, 4) is 5.75 Å². The SMILES string of the molecule is COc1ccc(/C=N/NC(=O)Cc2nnc(NC(=O)c3cccc(C)c3)s2)cc1. The molecule has 2 N–H and O–H groups in total. The zero-order valence-corrected chi connectivity index (χ0v) is 16.7. The molecule has 8 nitrogen and oxygen atoms in total. The summed E-state index contributed by atoms with van der Waals surface area (Å²) in [7, 11) is 1.59. The summed E-state index contributed by atoms with van der Waals surface area (Å²) in [5.74, 6) is 0.139. The van der Waals surface area contributed by atoms with Crippen molar-refractivity contribution < 1.29 is 14.3 Å². The number of rotatable bonds is 7. The van der Waals surface area contributed by atoms with E-state index in [9.17, 15) is 9.59 Å². The van der Waals surface area contributed by atoms with Gasteiger partial charge in [-0.15, -0.1) is 10.2 Å². The maximum atomic E-state index is 12.2. The summed E-state index contributed by atoms with van der Waals surface area (Å²) < 4.78 is 5.08. The van der Waals surface area contributed by atoms with Crippen LogP contribution in [0.15, 0.2) is 53.6 Å². The van der Waals surface area contributed by atoms with Crippen LogP contribution in [0.2, 0.25) is 0 Å². The Kier molecular flexibility index (Phi) is 6.64. The van der Waals surface area contributed by atoms with Crippen LogP contribution >= 0.6 is 11.3 Å². The number of ether oxygens (including phenoxy) is 1. The van der Waals surface area contributed by atoms with Crippen LogP contribution in [0.3, 0.4) is 0 Å². The first-order chi connectivity index (χ1) is 14.0. The Hall–Kier alpha value is -3.59. The van der Waals surface area contributed by atoms with E-state index in [1.165, 1.54) is 6.21 Å². The number of hydrogen-bond acceptors (Lipinski definition) is 7. The van der Waals surface area contributed by atoms with Crippen LogP contribution in [0, 0.1) is 6.92 Å². The number of hydrogen-bond donors (Lipinski definition) is 2. The Morgan fingerprint density at radius 3 is 2.69 bits per heavy atom. The zero-order chi connectivity index (χ0) is 20.6. The van der Waals surface area contributed by atoms with Crippen molar-refractivity contribution in [2.45, 2.75) is 13.3 Å². The number of nitrogens with zero attached hydrogens (tertiary/aromatic N) is 3. The minimum Gasteiger partial charge on any atom is -0.497 e. The highest BCUT2D eigenvalue weighted by Crippen LogP contribution is 2.17. The number of nitrogens with one attached hydrogen (secondary N) is 2. The summed E-state index contributed by atoms with van der Waals surface area (Å²) in [4.78, 5) is 24.2. The minimum atomic E-state index is -0.331. The van der Waals surface area contributed by atoms with Crippen LogP contribution in [0.25, 0.3) is 0 Å². The van der Waals surface area contributed by atoms with Gasteiger partial charge in [-0.1, -0.05) is 29.0 Å². The van der Waals surface area contributed by atoms with E-state index in [0.29, 0.717) is 15.7 Å². The first kappa shape index (κ1) is 20.2. The highest BCUT2D eigenvalue weighted by atomic mass is 32.1. The maximum Gasteiger partial charge on any atom is 0.257 e. The monoisotopic (exact) mass is 409 g/mol. The Labute approximate surface area is 171 Å². The van der Waals surface area contributed by atoms with E-state index in [2.05, 4.69) is 26.0 Å². The lowest BCUT2D eigenvalue weighted by Crippen LogP contribution is -2.19. The lowest BCUT2D eigenvalue weighted by atomic mass is 10.1. The number of hydrazone groups is 1. The molecule has 0 unspecified atom stereocenters. The maximum absolute atomic E-state index is 12.2. The van der Waals surface area contributed by atoms with Crippen molar-refractivity contribution in [1.29, 1.82) is 0 Å². The molecule has 9 heteroatoms. The van der Waals surface area contributed by atoms with Gasteiger partial charge in [0.15, 0.2) is 0 Å². The van der Waals surface area contributed by atoms with Gasteiger partial charge in [0.05, 0.1) is 19.7 Å². The van der Waals surface area contributed by atoms with E-state index in [1.807, 2.05) is 31.2 Å². The smallest absolute Gasteiger partial charge is 0.257 e. The summed E-state index contributed by atoms with van der Waals surface area (Å²) in [6.45, 7) is 1.91. The number of carbonyl (C=O) groups excluding carboxylic acids is 2. The third-order valence-corrected chi connectivity index (χ3v) is 4.64. The second-order valence-corrected chi connectivity index (χ2v) is 7.13. The van der Waals surface area contributed by atoms with Crippen LogP contribution in [0.4, 0.5) is 5.13 Å². The Balaban J connectivity index is 1.50. The van der Waals surface area contributed by atoms with Crippen molar-refractivity contribution in [2.24, 2.45) is 5.10 Å². The number of aryl methyl sites for hydroxylation is 1. The number of carbonyl (C=O) groups is 2. The zero-order valence-electron chi connectivity index (χ0n) is 15.9. The fraction of sp³-hybridized carbons (Fsp3) is 0.150. The van der Waals surface area contributed by atoms with E-state index in [0.717, 1.165) is 28.2 Å². The Bertz CT molecular complexity index is 1030. The fourth-order valence-corrected chi connectivity index (χ4v) is 3.11. The van der Waals surface area contributed by atoms with Crippen molar-refractivity contribution in [2.75, 3.05) is 12.4 Å². The molecule has 0 aliphatic rings. The summed E-state index contributed by atoms with van der Waals surface area (Å²) in [5.41, 5.74) is 4.79. The van der Waals surface area contributed by atoms with E-state index in [1.54, 1.807) is 31.4 Å². The van der Waals surface area contributed by atoms with Gasteiger partial charge >= 0.3 is 0 Å². The molecule has 148 valence electrons. The molecule has 0 aliphatic heterocycles. The Morgan fingerprint density at radius 2 is 1.97 bits per heavy atom. The first-order valence-corrected chi connectivity index (χ1v) is 9.51. The van der Waals surface area contributed by atoms with Gasteiger partial charge in [0.1, 0.15) is 10.8 Å². The average Bonchev–Trinajstić information content (AvgIpc) is 3.15. The first-order valence-electron chi connectivity index (χ1n) is 8.70. The van der Waals surface area contributed by atoms with Crippen molar-refractivity contribution in [3.63, 3.8) is 0 Å². The van der Waals surface area contributed by atoms with E-state index in [-0.39, 0.29) is 18.2 Å². The van der Waals surface area contributed by atoms with Crippen LogP contribution in [0.1, 0.15) is 26.5 Å². The largest absolute Gasteiger partial charge is 0.497 e. The van der Waals surface area contributed by atoms with Gasteiger partial charge in [-0.05, 0) is 48.9 Å². The van der Waals surface area contributed by atoms with Crippen LogP contribution in [-0.4, -0.2) is 35.3 Å². The van der Waals surface area contributed by atoms with Gasteiger partial charge in [0, 0.05) is 5.56 Å². The molecule has 0 atom stereocenters. The molecule has 0 radical (unpaired) electrons. The second-order valence-electron chi connectivity index (χ2n) is 6.07. The normalized spacial score (nSPS) is 10.7. The van der Waals surface area contributed by atoms with Crippen molar-refractivity contribution in [3.05, 3.63) is 70.2 Å². The number of aromatic nitrogens is 2. The molecule has 2 amide bonds. The lowest BCUT2D eigenvalue weighted by Gasteiger charge is -2.01. The summed E-state index contributed by atoms with van der Waals surface area (Å²) in [6, 6.07) is 14.5. The molecule has 29 heavy (non-hydrogen) atoms. The van der Waals surface area contributed by atoms with Gasteiger partial charge in [0.2, 0.25) is 11.0 Å². The molecule has 0 fully saturated rings. The molecular weight excluding hydrogens is 390 g/mol. The Morgan fingerprint density at radius 1 is 1.17 bits per heavy atom. The number of methoxy groups -OCH3 is 1. The fourth-order valence-electron chi connectivity index (χ4n) is 2.38. The quantitative estimate of drug-likeness (QED) is 0.461. The summed E-state index contributed by atoms with van der Waals surface area (Å²) in [6.07, 6.45) is 1.54. The molecule has 2 aromatic carbocycles. The molecule has 3 rings (SSSR count). The van der Waals surface area contributed by atoms with Gasteiger partial charge in [-0.2, -0.15) is 5.10 Å². The highest BCUT2D eigenvalue weighted by molar-refractivity contribution is 7.15. The molecule has 0 saturated heterocycles. The van der Waals surface area contributed by atoms with Crippen LogP contribution < -0.4 is 15.5 Å². The highest BCUT2D eigenvalue weighted by Gasteiger charge is 2.12. The third-order valence-electron chi connectivity index (χ3n) is 3.80. The third kappa shape index (κ3) is 5.94. The predicted molar refractivity (Wildman–Crippen MR) is 111 cm³/mol. The number of benzene rings is 2. The van der Waals surface area contributed by atoms with E-state index < -0.39 is 0 Å². The van der Waals surface area contributed by atoms with Crippen molar-refractivity contribution >= 4 is 34.5 Å². The molecule has 3 aromatic rings. The molecule has 0 aliphatic carbocycles. The van der Waals surface area contributed by atoms with Gasteiger partial charge in [-0.3, -0.25) is 14.9 Å². The lowest BCUT2D eigenvalue weighted by molar-refractivity contribution is -0.120. The standard InChI is InChI=1S/C20H19N5O3S/c1-13-4-3-5-15(10-13)19(27)22-20-25-24-18(29-20)11-17(26)23-21-12-14-6-8-16(28-2)9-7-14/h3-10,12H,11H2,1-2H3,(H,23,26)(H,22,25,27)/b21-12+. The van der Waals surface area contributed by atoms with Crippen LogP contribution in [0.5, 0.6) is 5.75 Å². The molecule has 1 heterocycles. The molecule has 0 bridgehead atoms. The minimum absolute atomic E-state index is 0.0118. The van der Waals surface area contributed by atoms with Gasteiger partial charge in [-0.25, -0.2) is 5.43 Å². The van der Waals surface area contributed by atoms with Gasteiger partial charge < -0.3 is 4.74 Å². The van der Waals surface area contributed by atoms with E-state index in [4.69, 9.17) is 4.74 Å². The molecule has 0 saturated carbocycles. The number of anilines is 1. The molecule has 1 aromatic heterocycles. The number of amides is 2. The molecule has 0 spiro atoms. The van der Waals surface area contributed by atoms with Crippen molar-refractivity contribution in [1.82, 2.24) is 15.6 Å². The molecular formula is C20H19N5O3S. The van der Waals surface area contributed by atoms with E-state index >= 15 is 0 Å². The van der Waals surface area contributed by atoms with Gasteiger partial charge in [0.25, 0.3) is 5.91 Å². The predicted octanol–water partition coefficient (Wildman–Crippen LogP) is 2.80. The van der Waals surface area contributed by atoms with Crippen LogP contribution in [-0.2, 0) is 11.2 Å². The average molecular weight is 409 g/mol.